The van der Waals surface area contributed by atoms with Crippen LogP contribution in [0, 0.1) is 5.92 Å². The largest absolute Gasteiger partial charge is 0.368 e. The fourth-order valence-electron chi connectivity index (χ4n) is 4.40. The Morgan fingerprint density at radius 3 is 2.32 bits per heavy atom. The van der Waals surface area contributed by atoms with Crippen LogP contribution in [0.25, 0.3) is 0 Å². The summed E-state index contributed by atoms with van der Waals surface area (Å²) in [6.07, 6.45) is 2.63. The quantitative estimate of drug-likeness (QED) is 0.580. The van der Waals surface area contributed by atoms with Crippen molar-refractivity contribution in [2.45, 2.75) is 31.2 Å². The van der Waals surface area contributed by atoms with Gasteiger partial charge in [0.2, 0.25) is 11.8 Å². The van der Waals surface area contributed by atoms with Crippen LogP contribution in [-0.4, -0.2) is 78.5 Å². The number of nitrogens with one attached hydrogen (secondary N) is 1. The van der Waals surface area contributed by atoms with Crippen molar-refractivity contribution >= 4 is 35.1 Å². The van der Waals surface area contributed by atoms with Gasteiger partial charge in [0, 0.05) is 57.4 Å². The Morgan fingerprint density at radius 1 is 0.941 bits per heavy atom. The van der Waals surface area contributed by atoms with Gasteiger partial charge in [-0.2, -0.15) is 0 Å². The number of para-hydroxylation sites is 1. The van der Waals surface area contributed by atoms with Crippen molar-refractivity contribution in [1.29, 1.82) is 0 Å². The van der Waals surface area contributed by atoms with Gasteiger partial charge in [-0.25, -0.2) is 0 Å². The second-order valence-electron chi connectivity index (χ2n) is 8.77. The smallest absolute Gasteiger partial charge is 0.233 e. The zero-order valence-corrected chi connectivity index (χ0v) is 20.7. The number of piperidine rings is 1. The first-order valence-electron chi connectivity index (χ1n) is 12.2. The molecule has 0 bridgehead atoms. The molecule has 0 atom stereocenters. The molecule has 4 rings (SSSR count). The maximum absolute atomic E-state index is 12.7. The summed E-state index contributed by atoms with van der Waals surface area (Å²) >= 11 is 1.44. The normalized spacial score (nSPS) is 17.0. The van der Waals surface area contributed by atoms with Gasteiger partial charge in [-0.1, -0.05) is 36.9 Å². The second kappa shape index (κ2) is 12.1. The number of anilines is 2. The summed E-state index contributed by atoms with van der Waals surface area (Å²) in [6.45, 7) is 7.61. The Hall–Kier alpha value is -2.81. The summed E-state index contributed by atoms with van der Waals surface area (Å²) in [4.78, 5) is 31.3. The van der Waals surface area contributed by atoms with Gasteiger partial charge in [0.05, 0.1) is 5.75 Å². The highest BCUT2D eigenvalue weighted by Crippen LogP contribution is 2.24. The topological polar surface area (TPSA) is 81.7 Å². The number of carbonyl (C=O) groups is 2. The molecule has 2 aliphatic heterocycles. The van der Waals surface area contributed by atoms with Gasteiger partial charge in [0.1, 0.15) is 5.03 Å². The molecule has 1 aromatic carbocycles. The fourth-order valence-corrected chi connectivity index (χ4v) is 5.12. The first-order valence-corrected chi connectivity index (χ1v) is 13.2. The Kier molecular flexibility index (Phi) is 8.62. The average molecular weight is 483 g/mol. The lowest BCUT2D eigenvalue weighted by atomic mass is 9.96. The van der Waals surface area contributed by atoms with Crippen LogP contribution in [0.1, 0.15) is 26.2 Å². The molecular weight excluding hydrogens is 448 g/mol. The van der Waals surface area contributed by atoms with Gasteiger partial charge in [-0.3, -0.25) is 9.59 Å². The predicted octanol–water partition coefficient (Wildman–Crippen LogP) is 2.66. The van der Waals surface area contributed by atoms with Gasteiger partial charge in [-0.05, 0) is 43.5 Å². The fraction of sp³-hybridized carbons (Fsp3) is 0.520. The molecule has 8 nitrogen and oxygen atoms in total. The van der Waals surface area contributed by atoms with E-state index in [0.29, 0.717) is 5.75 Å². The molecule has 0 radical (unpaired) electrons. The molecule has 2 aliphatic rings. The minimum Gasteiger partial charge on any atom is -0.368 e. The van der Waals surface area contributed by atoms with E-state index in [4.69, 9.17) is 0 Å². The summed E-state index contributed by atoms with van der Waals surface area (Å²) in [5.74, 6) is 1.61. The van der Waals surface area contributed by atoms with E-state index in [9.17, 15) is 9.59 Å². The number of amides is 2. The molecule has 9 heteroatoms. The third-order valence-electron chi connectivity index (χ3n) is 6.46. The maximum atomic E-state index is 12.7. The third-order valence-corrected chi connectivity index (χ3v) is 7.37. The molecule has 0 saturated carbocycles. The number of benzene rings is 1. The first kappa shape index (κ1) is 24.3. The molecule has 2 saturated heterocycles. The van der Waals surface area contributed by atoms with Crippen molar-refractivity contribution in [2.24, 2.45) is 5.92 Å². The van der Waals surface area contributed by atoms with Crippen molar-refractivity contribution in [3.63, 3.8) is 0 Å². The zero-order chi connectivity index (χ0) is 23.8. The van der Waals surface area contributed by atoms with Crippen LogP contribution in [0.5, 0.6) is 0 Å². The van der Waals surface area contributed by atoms with E-state index in [1.807, 2.05) is 35.2 Å². The monoisotopic (exact) mass is 482 g/mol. The van der Waals surface area contributed by atoms with Crippen LogP contribution < -0.4 is 15.1 Å². The molecule has 3 heterocycles. The van der Waals surface area contributed by atoms with Crippen LogP contribution in [0.15, 0.2) is 47.5 Å². The standard InChI is InChI=1S/C25H34N6O2S/c1-2-12-26-25(33)20-10-13-30(14-11-20)22-8-9-23(28-27-22)34-19-24(32)31-17-15-29(16-18-31)21-6-4-3-5-7-21/h3-9,20H,2,10-19H2,1H3,(H,26,33). The van der Waals surface area contributed by atoms with Crippen molar-refractivity contribution < 1.29 is 9.59 Å². The lowest BCUT2D eigenvalue weighted by molar-refractivity contribution is -0.128. The van der Waals surface area contributed by atoms with Crippen molar-refractivity contribution in [1.82, 2.24) is 20.4 Å². The minimum atomic E-state index is 0.0890. The van der Waals surface area contributed by atoms with E-state index < -0.39 is 0 Å². The molecule has 2 amide bonds. The zero-order valence-electron chi connectivity index (χ0n) is 19.9. The van der Waals surface area contributed by atoms with Crippen LogP contribution in [0.4, 0.5) is 11.5 Å². The average Bonchev–Trinajstić information content (AvgIpc) is 2.91. The van der Waals surface area contributed by atoms with Gasteiger partial charge < -0.3 is 20.0 Å². The predicted molar refractivity (Wildman–Crippen MR) is 136 cm³/mol. The van der Waals surface area contributed by atoms with E-state index in [2.05, 4.69) is 44.4 Å². The van der Waals surface area contributed by atoms with Gasteiger partial charge in [-0.15, -0.1) is 10.2 Å². The molecule has 1 aromatic heterocycles. The Morgan fingerprint density at radius 2 is 1.68 bits per heavy atom. The number of nitrogens with zero attached hydrogens (tertiary/aromatic N) is 5. The number of rotatable bonds is 8. The molecule has 34 heavy (non-hydrogen) atoms. The summed E-state index contributed by atoms with van der Waals surface area (Å²) in [5.41, 5.74) is 1.21. The molecule has 182 valence electrons. The molecule has 0 spiro atoms. The first-order chi connectivity index (χ1) is 16.6. The molecular formula is C25H34N6O2S. The van der Waals surface area contributed by atoms with Crippen molar-refractivity contribution in [2.75, 3.05) is 61.4 Å². The Labute approximate surface area is 206 Å². The van der Waals surface area contributed by atoms with Crippen LogP contribution in [0.2, 0.25) is 0 Å². The molecule has 0 unspecified atom stereocenters. The van der Waals surface area contributed by atoms with Gasteiger partial charge in [0.25, 0.3) is 0 Å². The Balaban J connectivity index is 1.19. The highest BCUT2D eigenvalue weighted by molar-refractivity contribution is 7.99. The van der Waals surface area contributed by atoms with Crippen LogP contribution >= 0.6 is 11.8 Å². The Bertz CT molecular complexity index is 926. The molecule has 1 N–H and O–H groups in total. The third kappa shape index (κ3) is 6.40. The highest BCUT2D eigenvalue weighted by Gasteiger charge is 2.26. The maximum Gasteiger partial charge on any atom is 0.233 e. The van der Waals surface area contributed by atoms with Gasteiger partial charge >= 0.3 is 0 Å². The summed E-state index contributed by atoms with van der Waals surface area (Å²) < 4.78 is 0. The highest BCUT2D eigenvalue weighted by atomic mass is 32.2. The van der Waals surface area contributed by atoms with E-state index in [1.165, 1.54) is 17.4 Å². The molecule has 2 aromatic rings. The lowest BCUT2D eigenvalue weighted by Gasteiger charge is -2.36. The lowest BCUT2D eigenvalue weighted by Crippen LogP contribution is -2.49. The van der Waals surface area contributed by atoms with Gasteiger partial charge in [0.15, 0.2) is 5.82 Å². The number of thioether (sulfide) groups is 1. The number of hydrogen-bond acceptors (Lipinski definition) is 7. The van der Waals surface area contributed by atoms with Crippen LogP contribution in [-0.2, 0) is 9.59 Å². The summed E-state index contributed by atoms with van der Waals surface area (Å²) in [5, 5.41) is 12.5. The van der Waals surface area contributed by atoms with E-state index in [1.54, 1.807) is 0 Å². The SMILES string of the molecule is CCCNC(=O)C1CCN(c2ccc(SCC(=O)N3CCN(c4ccccc4)CC3)nn2)CC1. The van der Waals surface area contributed by atoms with Crippen molar-refractivity contribution in [3.8, 4) is 0 Å². The van der Waals surface area contributed by atoms with Crippen LogP contribution in [0.3, 0.4) is 0 Å². The summed E-state index contributed by atoms with van der Waals surface area (Å²) in [6, 6.07) is 14.2. The molecule has 0 aliphatic carbocycles. The number of hydrogen-bond donors (Lipinski definition) is 1. The molecule has 2 fully saturated rings. The summed E-state index contributed by atoms with van der Waals surface area (Å²) in [7, 11) is 0. The van der Waals surface area contributed by atoms with E-state index >= 15 is 0 Å². The van der Waals surface area contributed by atoms with E-state index in [-0.39, 0.29) is 17.7 Å². The van der Waals surface area contributed by atoms with E-state index in [0.717, 1.165) is 75.9 Å². The second-order valence-corrected chi connectivity index (χ2v) is 9.77. The number of piperazine rings is 1. The number of carbonyl (C=O) groups excluding carboxylic acids is 2. The minimum absolute atomic E-state index is 0.0890. The number of aromatic nitrogens is 2. The van der Waals surface area contributed by atoms with Crippen molar-refractivity contribution in [3.05, 3.63) is 42.5 Å².